The zero-order valence-corrected chi connectivity index (χ0v) is 28.5. The molecule has 43 heavy (non-hydrogen) atoms. The number of urea groups is 1. The van der Waals surface area contributed by atoms with E-state index < -0.39 is 46.1 Å². The first-order valence-electron chi connectivity index (χ1n) is 15.9. The number of hydrogen-bond donors (Lipinski definition) is 1. The average Bonchev–Trinajstić information content (AvgIpc) is 3.14. The minimum atomic E-state index is -5.11. The van der Waals surface area contributed by atoms with Gasteiger partial charge in [-0.3, -0.25) is 10.2 Å². The van der Waals surface area contributed by atoms with Crippen LogP contribution in [-0.4, -0.2) is 108 Å². The molecular formula is C29H57N5O8S. The SMILES string of the molecule is CCCC[N+](CCCC)(CCCC)CCCC.CN(NC(=O)[C@@H]1CC[C@@H]2CN1C(=O)N2OS(=O)(=O)[O-])C(=O)OC(C)(C)C. The van der Waals surface area contributed by atoms with Crippen LogP contribution in [-0.2, 0) is 24.2 Å². The van der Waals surface area contributed by atoms with Crippen LogP contribution >= 0.6 is 0 Å². The van der Waals surface area contributed by atoms with Gasteiger partial charge < -0.3 is 18.7 Å². The molecule has 0 aromatic carbocycles. The van der Waals surface area contributed by atoms with Crippen LogP contribution in [0, 0.1) is 0 Å². The molecule has 2 atom stereocenters. The van der Waals surface area contributed by atoms with E-state index in [1.54, 1.807) is 20.8 Å². The van der Waals surface area contributed by atoms with E-state index in [0.717, 1.165) is 9.91 Å². The topological polar surface area (TPSA) is 149 Å². The third-order valence-electron chi connectivity index (χ3n) is 7.69. The monoisotopic (exact) mass is 635 g/mol. The number of ether oxygens (including phenoxy) is 1. The van der Waals surface area contributed by atoms with E-state index >= 15 is 0 Å². The molecule has 0 unspecified atom stereocenters. The Bertz CT molecular complexity index is 950. The zero-order chi connectivity index (χ0) is 32.8. The van der Waals surface area contributed by atoms with Gasteiger partial charge in [0, 0.05) is 13.6 Å². The molecule has 4 amide bonds. The molecule has 2 aliphatic rings. The molecule has 2 bridgehead atoms. The number of piperidine rings is 1. The van der Waals surface area contributed by atoms with Gasteiger partial charge in [0.05, 0.1) is 32.2 Å². The van der Waals surface area contributed by atoms with Crippen molar-refractivity contribution in [2.75, 3.05) is 39.8 Å². The van der Waals surface area contributed by atoms with Crippen molar-refractivity contribution in [1.29, 1.82) is 0 Å². The second kappa shape index (κ2) is 18.0. The van der Waals surface area contributed by atoms with Gasteiger partial charge in [-0.1, -0.05) is 53.4 Å². The zero-order valence-electron chi connectivity index (χ0n) is 27.7. The second-order valence-electron chi connectivity index (χ2n) is 12.7. The third-order valence-corrected chi connectivity index (χ3v) is 8.03. The Morgan fingerprint density at radius 2 is 1.42 bits per heavy atom. The standard InChI is InChI=1S/C16H36N.C13H22N4O8S/c1-5-9-13-17(14-10-6-2,15-11-7-3)16-12-8-4;1-13(2,3)24-12(20)15(4)14-10(18)9-6-5-8-7-16(9)11(19)17(8)25-26(21,22)23/h5-16H2,1-4H3;8-9H,5-7H2,1-4H3,(H,14,18)(H,21,22,23)/q+1;/p-1/t;8-,9+/m.1/s1. The molecule has 0 saturated carbocycles. The summed E-state index contributed by atoms with van der Waals surface area (Å²) in [7, 11) is -3.81. The number of unbranched alkanes of at least 4 members (excludes halogenated alkanes) is 4. The fourth-order valence-electron chi connectivity index (χ4n) is 5.36. The van der Waals surface area contributed by atoms with Gasteiger partial charge in [0.25, 0.3) is 5.91 Å². The molecule has 2 heterocycles. The van der Waals surface area contributed by atoms with Crippen LogP contribution < -0.4 is 5.43 Å². The number of hydrazine groups is 1. The van der Waals surface area contributed by atoms with Gasteiger partial charge in [-0.2, -0.15) is 9.35 Å². The fraction of sp³-hybridized carbons (Fsp3) is 0.897. The van der Waals surface area contributed by atoms with Crippen LogP contribution in [0.2, 0.25) is 0 Å². The molecule has 0 spiro atoms. The van der Waals surface area contributed by atoms with E-state index in [1.807, 2.05) is 0 Å². The molecule has 0 aliphatic carbocycles. The number of hydroxylamine groups is 2. The maximum Gasteiger partial charge on any atom is 0.428 e. The lowest BCUT2D eigenvalue weighted by Crippen LogP contribution is -2.55. The van der Waals surface area contributed by atoms with Crippen LogP contribution in [0.5, 0.6) is 0 Å². The quantitative estimate of drug-likeness (QED) is 0.119. The highest BCUT2D eigenvalue weighted by molar-refractivity contribution is 7.80. The molecule has 252 valence electrons. The molecule has 2 rings (SSSR count). The number of rotatable bonds is 15. The summed E-state index contributed by atoms with van der Waals surface area (Å²) in [6, 6.07) is -2.47. The van der Waals surface area contributed by atoms with Gasteiger partial charge >= 0.3 is 12.1 Å². The highest BCUT2D eigenvalue weighted by atomic mass is 32.3. The second-order valence-corrected chi connectivity index (χ2v) is 13.6. The first-order valence-corrected chi connectivity index (χ1v) is 17.2. The first kappa shape index (κ1) is 38.9. The summed E-state index contributed by atoms with van der Waals surface area (Å²) in [6.07, 6.45) is 10.7. The Balaban J connectivity index is 0.000000474. The predicted octanol–water partition coefficient (Wildman–Crippen LogP) is 4.55. The van der Waals surface area contributed by atoms with E-state index in [4.69, 9.17) is 4.74 Å². The van der Waals surface area contributed by atoms with Gasteiger partial charge in [-0.05, 0) is 59.3 Å². The third kappa shape index (κ3) is 13.6. The molecule has 2 aliphatic heterocycles. The summed E-state index contributed by atoms with van der Waals surface area (Å²) < 4.78 is 42.9. The van der Waals surface area contributed by atoms with E-state index in [1.165, 1.54) is 89.1 Å². The van der Waals surface area contributed by atoms with Crippen molar-refractivity contribution in [3.8, 4) is 0 Å². The van der Waals surface area contributed by atoms with E-state index in [-0.39, 0.29) is 19.4 Å². The molecule has 2 fully saturated rings. The van der Waals surface area contributed by atoms with Crippen molar-refractivity contribution >= 4 is 28.4 Å². The van der Waals surface area contributed by atoms with Crippen molar-refractivity contribution in [3.63, 3.8) is 0 Å². The van der Waals surface area contributed by atoms with Crippen LogP contribution in [0.4, 0.5) is 9.59 Å². The summed E-state index contributed by atoms with van der Waals surface area (Å²) in [4.78, 5) is 37.6. The largest absolute Gasteiger partial charge is 0.724 e. The fourth-order valence-corrected chi connectivity index (χ4v) is 5.74. The van der Waals surface area contributed by atoms with Crippen molar-refractivity contribution in [3.05, 3.63) is 0 Å². The average molecular weight is 636 g/mol. The number of carbonyl (C=O) groups excluding carboxylic acids is 3. The minimum Gasteiger partial charge on any atom is -0.724 e. The van der Waals surface area contributed by atoms with Gasteiger partial charge in [0.15, 0.2) is 0 Å². The minimum absolute atomic E-state index is 0.0303. The Kier molecular flexibility index (Phi) is 16.2. The van der Waals surface area contributed by atoms with Crippen molar-refractivity contribution in [1.82, 2.24) is 20.4 Å². The molecule has 13 nitrogen and oxygen atoms in total. The predicted molar refractivity (Wildman–Crippen MR) is 163 cm³/mol. The van der Waals surface area contributed by atoms with Gasteiger partial charge in [0.1, 0.15) is 11.6 Å². The van der Waals surface area contributed by atoms with Crippen LogP contribution in [0.25, 0.3) is 0 Å². The summed E-state index contributed by atoms with van der Waals surface area (Å²) >= 11 is 0. The van der Waals surface area contributed by atoms with Crippen molar-refractivity contribution in [2.24, 2.45) is 0 Å². The number of amides is 4. The van der Waals surface area contributed by atoms with Gasteiger partial charge in [0.2, 0.25) is 10.4 Å². The number of hydrogen-bond acceptors (Lipinski definition) is 8. The maximum atomic E-state index is 12.4. The number of nitrogens with zero attached hydrogens (tertiary/aromatic N) is 4. The van der Waals surface area contributed by atoms with Gasteiger partial charge in [-0.15, -0.1) is 0 Å². The number of quaternary nitrogens is 1. The smallest absolute Gasteiger partial charge is 0.428 e. The molecule has 0 radical (unpaired) electrons. The van der Waals surface area contributed by atoms with Crippen LogP contribution in [0.1, 0.15) is 113 Å². The summed E-state index contributed by atoms with van der Waals surface area (Å²) in [5.41, 5.74) is 1.58. The number of fused-ring (bicyclic) bond motifs is 2. The molecule has 2 saturated heterocycles. The van der Waals surface area contributed by atoms with Gasteiger partial charge in [-0.25, -0.2) is 23.0 Å². The Labute approximate surface area is 259 Å². The van der Waals surface area contributed by atoms with Crippen LogP contribution in [0.15, 0.2) is 0 Å². The first-order chi connectivity index (χ1) is 20.0. The molecule has 0 aromatic heterocycles. The highest BCUT2D eigenvalue weighted by Crippen LogP contribution is 2.30. The number of nitrogens with one attached hydrogen (secondary N) is 1. The van der Waals surface area contributed by atoms with E-state index in [9.17, 15) is 27.4 Å². The van der Waals surface area contributed by atoms with Crippen molar-refractivity contribution in [2.45, 2.75) is 130 Å². The summed E-state index contributed by atoms with van der Waals surface area (Å²) in [6.45, 7) is 20.1. The highest BCUT2D eigenvalue weighted by Gasteiger charge is 2.49. The lowest BCUT2D eigenvalue weighted by atomic mass is 10.0. The Morgan fingerprint density at radius 3 is 1.81 bits per heavy atom. The Hall–Kier alpha value is -2.16. The molecule has 1 N–H and O–H groups in total. The molecular weight excluding hydrogens is 578 g/mol. The summed E-state index contributed by atoms with van der Waals surface area (Å²) in [5, 5.41) is 1.34. The molecule has 0 aromatic rings. The Morgan fingerprint density at radius 1 is 0.953 bits per heavy atom. The van der Waals surface area contributed by atoms with E-state index in [2.05, 4.69) is 37.4 Å². The number of carbonyl (C=O) groups is 3. The molecule has 14 heteroatoms. The lowest BCUT2D eigenvalue weighted by Gasteiger charge is -2.39. The van der Waals surface area contributed by atoms with E-state index in [0.29, 0.717) is 5.06 Å². The van der Waals surface area contributed by atoms with Crippen molar-refractivity contribution < 1.29 is 40.9 Å². The lowest BCUT2D eigenvalue weighted by molar-refractivity contribution is -0.929. The summed E-state index contributed by atoms with van der Waals surface area (Å²) in [5.74, 6) is -0.642. The normalized spacial score (nSPS) is 18.7. The maximum absolute atomic E-state index is 12.4. The van der Waals surface area contributed by atoms with Crippen LogP contribution in [0.3, 0.4) is 0 Å².